The van der Waals surface area contributed by atoms with Gasteiger partial charge in [0.2, 0.25) is 5.91 Å². The Labute approximate surface area is 135 Å². The summed E-state index contributed by atoms with van der Waals surface area (Å²) in [4.78, 5) is 19.2. The molecule has 0 bridgehead atoms. The Morgan fingerprint density at radius 1 is 1.23 bits per heavy atom. The Kier molecular flexibility index (Phi) is 4.40. The van der Waals surface area contributed by atoms with Gasteiger partial charge in [-0.05, 0) is 36.4 Å². The van der Waals surface area contributed by atoms with E-state index in [0.29, 0.717) is 5.13 Å². The van der Waals surface area contributed by atoms with Gasteiger partial charge < -0.3 is 0 Å². The van der Waals surface area contributed by atoms with E-state index < -0.39 is 0 Å². The minimum absolute atomic E-state index is 0.0339. The fourth-order valence-corrected chi connectivity index (χ4v) is 3.64. The van der Waals surface area contributed by atoms with Crippen molar-refractivity contribution in [1.29, 1.82) is 0 Å². The Bertz CT molecular complexity index is 768. The van der Waals surface area contributed by atoms with Crippen molar-refractivity contribution in [3.8, 4) is 0 Å². The average Bonchev–Trinajstić information content (AvgIpc) is 2.97. The van der Waals surface area contributed by atoms with Gasteiger partial charge >= 0.3 is 0 Å². The van der Waals surface area contributed by atoms with Crippen LogP contribution in [0.15, 0.2) is 53.4 Å². The minimum atomic E-state index is -0.276. The summed E-state index contributed by atoms with van der Waals surface area (Å²) in [6.45, 7) is 0. The monoisotopic (exact) mass is 332 g/mol. The number of nitrogens with zero attached hydrogens (tertiary/aromatic N) is 2. The Morgan fingerprint density at radius 3 is 2.68 bits per heavy atom. The van der Waals surface area contributed by atoms with Crippen LogP contribution in [0.2, 0.25) is 0 Å². The molecule has 2 aromatic carbocycles. The maximum absolute atomic E-state index is 12.8. The van der Waals surface area contributed by atoms with Crippen molar-refractivity contribution in [3.63, 3.8) is 0 Å². The number of thiazole rings is 1. The molecule has 0 atom stereocenters. The van der Waals surface area contributed by atoms with Crippen molar-refractivity contribution >= 4 is 44.4 Å². The van der Waals surface area contributed by atoms with Crippen molar-refractivity contribution in [2.75, 3.05) is 17.7 Å². The van der Waals surface area contributed by atoms with E-state index >= 15 is 0 Å². The summed E-state index contributed by atoms with van der Waals surface area (Å²) in [5.74, 6) is -0.0198. The number of amides is 1. The molecule has 0 saturated heterocycles. The summed E-state index contributed by atoms with van der Waals surface area (Å²) < 4.78 is 13.9. The molecule has 3 rings (SSSR count). The van der Waals surface area contributed by atoms with E-state index in [2.05, 4.69) is 4.98 Å². The number of hydrogen-bond donors (Lipinski definition) is 0. The second-order valence-corrected chi connectivity index (χ2v) is 6.72. The third-order valence-electron chi connectivity index (χ3n) is 3.12. The molecule has 6 heteroatoms. The van der Waals surface area contributed by atoms with Gasteiger partial charge in [0.1, 0.15) is 5.82 Å². The van der Waals surface area contributed by atoms with Crippen molar-refractivity contribution in [2.45, 2.75) is 4.90 Å². The molecule has 0 aliphatic carbocycles. The van der Waals surface area contributed by atoms with E-state index in [4.69, 9.17) is 0 Å². The zero-order chi connectivity index (χ0) is 15.5. The predicted molar refractivity (Wildman–Crippen MR) is 90.2 cm³/mol. The standard InChI is InChI=1S/C16H13FN2OS2/c1-19(16-18-13-4-2-3-5-14(13)22-16)15(20)10-21-12-8-6-11(17)7-9-12/h2-9H,10H2,1H3. The highest BCUT2D eigenvalue weighted by atomic mass is 32.2. The molecule has 3 aromatic rings. The van der Waals surface area contributed by atoms with E-state index in [1.807, 2.05) is 24.3 Å². The summed E-state index contributed by atoms with van der Waals surface area (Å²) in [6, 6.07) is 13.9. The van der Waals surface area contributed by atoms with Crippen molar-refractivity contribution < 1.29 is 9.18 Å². The first-order valence-electron chi connectivity index (χ1n) is 6.64. The molecule has 1 aromatic heterocycles. The maximum atomic E-state index is 12.8. The number of fused-ring (bicyclic) bond motifs is 1. The van der Waals surface area contributed by atoms with E-state index in [0.717, 1.165) is 15.1 Å². The summed E-state index contributed by atoms with van der Waals surface area (Å²) in [6.07, 6.45) is 0. The van der Waals surface area contributed by atoms with Gasteiger partial charge in [0, 0.05) is 11.9 Å². The first-order chi connectivity index (χ1) is 10.6. The number of thioether (sulfide) groups is 1. The SMILES string of the molecule is CN(C(=O)CSc1ccc(F)cc1)c1nc2ccccc2s1. The minimum Gasteiger partial charge on any atom is -0.291 e. The Balaban J connectivity index is 1.67. The molecule has 0 aliphatic rings. The average molecular weight is 332 g/mol. The second-order valence-electron chi connectivity index (χ2n) is 4.66. The van der Waals surface area contributed by atoms with Crippen molar-refractivity contribution in [3.05, 3.63) is 54.3 Å². The zero-order valence-corrected chi connectivity index (χ0v) is 13.5. The number of para-hydroxylation sites is 1. The lowest BCUT2D eigenvalue weighted by Gasteiger charge is -2.13. The van der Waals surface area contributed by atoms with Crippen LogP contribution in [0.3, 0.4) is 0 Å². The zero-order valence-electron chi connectivity index (χ0n) is 11.8. The Hall–Kier alpha value is -1.92. The lowest BCUT2D eigenvalue weighted by molar-refractivity contribution is -0.115. The fourth-order valence-electron chi connectivity index (χ4n) is 1.88. The van der Waals surface area contributed by atoms with Crippen LogP contribution in [-0.2, 0) is 4.79 Å². The Morgan fingerprint density at radius 2 is 1.95 bits per heavy atom. The lowest BCUT2D eigenvalue weighted by Crippen LogP contribution is -2.27. The van der Waals surface area contributed by atoms with Gasteiger partial charge in [-0.25, -0.2) is 9.37 Å². The van der Waals surface area contributed by atoms with Crippen molar-refractivity contribution in [1.82, 2.24) is 4.98 Å². The number of hydrogen-bond acceptors (Lipinski definition) is 4. The highest BCUT2D eigenvalue weighted by Crippen LogP contribution is 2.28. The topological polar surface area (TPSA) is 33.2 Å². The third-order valence-corrected chi connectivity index (χ3v) is 5.23. The number of carbonyl (C=O) groups excluding carboxylic acids is 1. The molecular formula is C16H13FN2OS2. The van der Waals surface area contributed by atoms with Crippen LogP contribution in [0, 0.1) is 5.82 Å². The molecular weight excluding hydrogens is 319 g/mol. The first-order valence-corrected chi connectivity index (χ1v) is 8.44. The summed E-state index contributed by atoms with van der Waals surface area (Å²) in [5, 5.41) is 0.686. The number of benzene rings is 2. The smallest absolute Gasteiger partial charge is 0.238 e. The molecule has 0 unspecified atom stereocenters. The van der Waals surface area contributed by atoms with Gasteiger partial charge in [0.05, 0.1) is 16.0 Å². The van der Waals surface area contributed by atoms with Gasteiger partial charge in [-0.3, -0.25) is 9.69 Å². The van der Waals surface area contributed by atoms with Crippen LogP contribution >= 0.6 is 23.1 Å². The predicted octanol–water partition coefficient (Wildman–Crippen LogP) is 4.19. The van der Waals surface area contributed by atoms with E-state index in [-0.39, 0.29) is 17.5 Å². The molecule has 1 amide bonds. The second kappa shape index (κ2) is 6.46. The number of carbonyl (C=O) groups is 1. The first kappa shape index (κ1) is 15.0. The molecule has 0 fully saturated rings. The third kappa shape index (κ3) is 3.28. The van der Waals surface area contributed by atoms with Gasteiger partial charge in [0.25, 0.3) is 0 Å². The molecule has 1 heterocycles. The molecule has 22 heavy (non-hydrogen) atoms. The van der Waals surface area contributed by atoms with Crippen LogP contribution in [-0.4, -0.2) is 23.7 Å². The molecule has 112 valence electrons. The normalized spacial score (nSPS) is 10.8. The molecule has 0 spiro atoms. The number of halogens is 1. The van der Waals surface area contributed by atoms with Crippen LogP contribution in [0.25, 0.3) is 10.2 Å². The van der Waals surface area contributed by atoms with Crippen LogP contribution in [0.1, 0.15) is 0 Å². The van der Waals surface area contributed by atoms with E-state index in [1.54, 1.807) is 24.1 Å². The van der Waals surface area contributed by atoms with Crippen LogP contribution in [0.5, 0.6) is 0 Å². The molecule has 0 radical (unpaired) electrons. The highest BCUT2D eigenvalue weighted by Gasteiger charge is 2.15. The quantitative estimate of drug-likeness (QED) is 0.672. The van der Waals surface area contributed by atoms with Crippen molar-refractivity contribution in [2.24, 2.45) is 0 Å². The van der Waals surface area contributed by atoms with Gasteiger partial charge in [-0.2, -0.15) is 0 Å². The molecule has 0 saturated carbocycles. The summed E-state index contributed by atoms with van der Waals surface area (Å²) >= 11 is 2.88. The fraction of sp³-hybridized carbons (Fsp3) is 0.125. The van der Waals surface area contributed by atoms with Crippen LogP contribution < -0.4 is 4.90 Å². The highest BCUT2D eigenvalue weighted by molar-refractivity contribution is 8.00. The van der Waals surface area contributed by atoms with Gasteiger partial charge in [-0.1, -0.05) is 23.5 Å². The number of rotatable bonds is 4. The van der Waals surface area contributed by atoms with Gasteiger partial charge in [0.15, 0.2) is 5.13 Å². The maximum Gasteiger partial charge on any atom is 0.238 e. The van der Waals surface area contributed by atoms with E-state index in [1.165, 1.54) is 35.2 Å². The van der Waals surface area contributed by atoms with Gasteiger partial charge in [-0.15, -0.1) is 11.8 Å². The summed E-state index contributed by atoms with van der Waals surface area (Å²) in [7, 11) is 1.73. The molecule has 3 nitrogen and oxygen atoms in total. The number of aromatic nitrogens is 1. The largest absolute Gasteiger partial charge is 0.291 e. The molecule has 0 N–H and O–H groups in total. The number of anilines is 1. The lowest BCUT2D eigenvalue weighted by atomic mass is 10.3. The molecule has 0 aliphatic heterocycles. The van der Waals surface area contributed by atoms with E-state index in [9.17, 15) is 9.18 Å². The van der Waals surface area contributed by atoms with Crippen LogP contribution in [0.4, 0.5) is 9.52 Å². The summed E-state index contributed by atoms with van der Waals surface area (Å²) in [5.41, 5.74) is 0.897.